The Morgan fingerprint density at radius 1 is 1.03 bits per heavy atom. The van der Waals surface area contributed by atoms with Gasteiger partial charge in [0, 0.05) is 68.8 Å². The molecule has 0 radical (unpaired) electrons. The zero-order valence-corrected chi connectivity index (χ0v) is 21.8. The molecular formula is C27H39ClN6O2. The van der Waals surface area contributed by atoms with E-state index in [4.69, 9.17) is 31.8 Å². The van der Waals surface area contributed by atoms with Crippen molar-refractivity contribution in [1.82, 2.24) is 14.9 Å². The molecular weight excluding hydrogens is 476 g/mol. The number of pyridine rings is 2. The molecule has 2 aliphatic heterocycles. The van der Waals surface area contributed by atoms with Gasteiger partial charge < -0.3 is 25.8 Å². The molecule has 3 aliphatic rings. The minimum absolute atomic E-state index is 0.263. The van der Waals surface area contributed by atoms with Crippen LogP contribution in [0.2, 0.25) is 5.02 Å². The number of nitrogens with two attached hydrogens (primary N) is 1. The SMILES string of the molecule is NC1(CNc2cccc(-c3cc(NC4CCC(N5CCCOCC5)CC4)ncc3Cl)n2)CCOCC1. The molecule has 0 spiro atoms. The molecule has 4 heterocycles. The van der Waals surface area contributed by atoms with Crippen molar-refractivity contribution >= 4 is 23.2 Å². The summed E-state index contributed by atoms with van der Waals surface area (Å²) in [6.45, 7) is 6.07. The lowest BCUT2D eigenvalue weighted by Gasteiger charge is -2.36. The molecule has 0 aromatic carbocycles. The van der Waals surface area contributed by atoms with Gasteiger partial charge in [-0.1, -0.05) is 17.7 Å². The molecule has 2 saturated heterocycles. The normalized spacial score (nSPS) is 25.2. The summed E-state index contributed by atoms with van der Waals surface area (Å²) >= 11 is 6.56. The maximum atomic E-state index is 6.56. The quantitative estimate of drug-likeness (QED) is 0.506. The summed E-state index contributed by atoms with van der Waals surface area (Å²) in [5, 5.41) is 7.67. The summed E-state index contributed by atoms with van der Waals surface area (Å²) in [5.74, 6) is 1.65. The standard InChI is InChI=1S/C27H39ClN6O2/c28-23-18-30-26(32-20-5-7-21(8-6-20)34-11-2-13-35-16-12-34)17-22(23)24-3-1-4-25(33-24)31-19-27(29)9-14-36-15-10-27/h1,3-4,17-18,20-21H,2,5-16,19,29H2,(H,30,32)(H,31,33). The molecule has 36 heavy (non-hydrogen) atoms. The average molecular weight is 515 g/mol. The van der Waals surface area contributed by atoms with Crippen LogP contribution >= 0.6 is 11.6 Å². The molecule has 4 N–H and O–H groups in total. The van der Waals surface area contributed by atoms with Gasteiger partial charge in [0.25, 0.3) is 0 Å². The third kappa shape index (κ3) is 6.66. The van der Waals surface area contributed by atoms with Gasteiger partial charge in [0.1, 0.15) is 11.6 Å². The summed E-state index contributed by atoms with van der Waals surface area (Å²) < 4.78 is 11.1. The third-order valence-electron chi connectivity index (χ3n) is 7.81. The summed E-state index contributed by atoms with van der Waals surface area (Å²) in [5.41, 5.74) is 7.97. The second kappa shape index (κ2) is 12.0. The van der Waals surface area contributed by atoms with Crippen molar-refractivity contribution in [2.75, 3.05) is 56.7 Å². The Labute approximate surface area is 219 Å². The van der Waals surface area contributed by atoms with Gasteiger partial charge in [-0.25, -0.2) is 9.97 Å². The second-order valence-electron chi connectivity index (χ2n) is 10.4. The number of halogens is 1. The van der Waals surface area contributed by atoms with Gasteiger partial charge in [0.2, 0.25) is 0 Å². The van der Waals surface area contributed by atoms with Crippen molar-refractivity contribution in [2.45, 2.75) is 62.6 Å². The van der Waals surface area contributed by atoms with E-state index in [-0.39, 0.29) is 5.54 Å². The molecule has 0 unspecified atom stereocenters. The summed E-state index contributed by atoms with van der Waals surface area (Å²) in [6.07, 6.45) is 9.27. The number of nitrogens with one attached hydrogen (secondary N) is 2. The van der Waals surface area contributed by atoms with Crippen LogP contribution in [-0.4, -0.2) is 78.6 Å². The largest absolute Gasteiger partial charge is 0.381 e. The molecule has 2 aromatic rings. The number of nitrogens with zero attached hydrogens (tertiary/aromatic N) is 3. The van der Waals surface area contributed by atoms with E-state index in [1.54, 1.807) is 6.20 Å². The number of aromatic nitrogens is 2. The molecule has 2 aromatic heterocycles. The number of hydrogen-bond donors (Lipinski definition) is 3. The lowest BCUT2D eigenvalue weighted by atomic mass is 9.90. The zero-order chi connectivity index (χ0) is 24.8. The van der Waals surface area contributed by atoms with E-state index >= 15 is 0 Å². The van der Waals surface area contributed by atoms with Gasteiger partial charge in [-0.05, 0) is 63.1 Å². The van der Waals surface area contributed by atoms with Crippen LogP contribution in [0.1, 0.15) is 44.9 Å². The molecule has 0 bridgehead atoms. The van der Waals surface area contributed by atoms with Crippen LogP contribution < -0.4 is 16.4 Å². The first-order chi connectivity index (χ1) is 17.6. The van der Waals surface area contributed by atoms with Crippen LogP contribution in [0.25, 0.3) is 11.3 Å². The molecule has 1 saturated carbocycles. The number of anilines is 2. The van der Waals surface area contributed by atoms with E-state index in [0.717, 1.165) is 81.3 Å². The molecule has 8 nitrogen and oxygen atoms in total. The van der Waals surface area contributed by atoms with Crippen LogP contribution in [0.3, 0.4) is 0 Å². The van der Waals surface area contributed by atoms with Crippen LogP contribution in [-0.2, 0) is 9.47 Å². The summed E-state index contributed by atoms with van der Waals surface area (Å²) in [4.78, 5) is 12.0. The highest BCUT2D eigenvalue weighted by atomic mass is 35.5. The van der Waals surface area contributed by atoms with E-state index in [1.807, 2.05) is 24.3 Å². The minimum Gasteiger partial charge on any atom is -0.381 e. The van der Waals surface area contributed by atoms with Crippen LogP contribution in [0.4, 0.5) is 11.6 Å². The molecule has 0 atom stereocenters. The Bertz CT molecular complexity index is 986. The van der Waals surface area contributed by atoms with Gasteiger partial charge in [0.05, 0.1) is 17.3 Å². The molecule has 196 valence electrons. The number of ether oxygens (including phenoxy) is 2. The molecule has 3 fully saturated rings. The first-order valence-electron chi connectivity index (χ1n) is 13.4. The zero-order valence-electron chi connectivity index (χ0n) is 21.1. The van der Waals surface area contributed by atoms with E-state index in [2.05, 4.69) is 20.5 Å². The maximum Gasteiger partial charge on any atom is 0.126 e. The Kier molecular flexibility index (Phi) is 8.59. The third-order valence-corrected chi connectivity index (χ3v) is 8.11. The Morgan fingerprint density at radius 3 is 2.67 bits per heavy atom. The van der Waals surface area contributed by atoms with Crippen molar-refractivity contribution < 1.29 is 9.47 Å². The number of rotatable bonds is 7. The monoisotopic (exact) mass is 514 g/mol. The molecule has 5 rings (SSSR count). The smallest absolute Gasteiger partial charge is 0.126 e. The first kappa shape index (κ1) is 25.7. The van der Waals surface area contributed by atoms with Crippen molar-refractivity contribution in [2.24, 2.45) is 5.73 Å². The van der Waals surface area contributed by atoms with E-state index in [9.17, 15) is 0 Å². The predicted molar refractivity (Wildman–Crippen MR) is 145 cm³/mol. The van der Waals surface area contributed by atoms with Gasteiger partial charge in [-0.3, -0.25) is 4.90 Å². The summed E-state index contributed by atoms with van der Waals surface area (Å²) in [6, 6.07) is 9.07. The fourth-order valence-corrected chi connectivity index (χ4v) is 5.74. The topological polar surface area (TPSA) is 97.6 Å². The van der Waals surface area contributed by atoms with Crippen LogP contribution in [0, 0.1) is 0 Å². The fraction of sp³-hybridized carbons (Fsp3) is 0.630. The minimum atomic E-state index is -0.263. The molecule has 1 aliphatic carbocycles. The fourth-order valence-electron chi connectivity index (χ4n) is 5.54. The first-order valence-corrected chi connectivity index (χ1v) is 13.8. The van der Waals surface area contributed by atoms with Crippen LogP contribution in [0.5, 0.6) is 0 Å². The Morgan fingerprint density at radius 2 is 1.83 bits per heavy atom. The highest BCUT2D eigenvalue weighted by Gasteiger charge is 2.28. The van der Waals surface area contributed by atoms with Crippen molar-refractivity contribution in [1.29, 1.82) is 0 Å². The van der Waals surface area contributed by atoms with Crippen LogP contribution in [0.15, 0.2) is 30.5 Å². The van der Waals surface area contributed by atoms with Crippen molar-refractivity contribution in [3.63, 3.8) is 0 Å². The second-order valence-corrected chi connectivity index (χ2v) is 10.8. The predicted octanol–water partition coefficient (Wildman–Crippen LogP) is 4.16. The van der Waals surface area contributed by atoms with E-state index in [0.29, 0.717) is 36.9 Å². The van der Waals surface area contributed by atoms with E-state index in [1.165, 1.54) is 12.8 Å². The van der Waals surface area contributed by atoms with Crippen molar-refractivity contribution in [3.05, 3.63) is 35.5 Å². The lowest BCUT2D eigenvalue weighted by Crippen LogP contribution is -2.50. The van der Waals surface area contributed by atoms with E-state index < -0.39 is 0 Å². The number of hydrogen-bond acceptors (Lipinski definition) is 8. The highest BCUT2D eigenvalue weighted by Crippen LogP contribution is 2.31. The van der Waals surface area contributed by atoms with Gasteiger partial charge in [0.15, 0.2) is 0 Å². The van der Waals surface area contributed by atoms with Gasteiger partial charge in [-0.2, -0.15) is 0 Å². The Balaban J connectivity index is 1.19. The lowest BCUT2D eigenvalue weighted by molar-refractivity contribution is 0.0574. The van der Waals surface area contributed by atoms with Crippen molar-refractivity contribution in [3.8, 4) is 11.3 Å². The Hall–Kier alpha value is -1.97. The maximum absolute atomic E-state index is 6.56. The van der Waals surface area contributed by atoms with Gasteiger partial charge >= 0.3 is 0 Å². The summed E-state index contributed by atoms with van der Waals surface area (Å²) in [7, 11) is 0. The molecule has 9 heteroatoms. The molecule has 0 amide bonds. The average Bonchev–Trinajstić information content (AvgIpc) is 3.20. The van der Waals surface area contributed by atoms with Gasteiger partial charge in [-0.15, -0.1) is 0 Å². The highest BCUT2D eigenvalue weighted by molar-refractivity contribution is 6.33.